The molecule has 1 aliphatic rings. The third-order valence-corrected chi connectivity index (χ3v) is 7.34. The van der Waals surface area contributed by atoms with E-state index in [2.05, 4.69) is 4.98 Å². The van der Waals surface area contributed by atoms with Crippen LogP contribution in [0.3, 0.4) is 0 Å². The van der Waals surface area contributed by atoms with Gasteiger partial charge in [0.05, 0.1) is 41.1 Å². The fourth-order valence-electron chi connectivity index (χ4n) is 4.28. The minimum atomic E-state index is -0.996. The van der Waals surface area contributed by atoms with E-state index in [1.54, 1.807) is 48.5 Å². The Hall–Kier alpha value is -4.21. The number of aromatic nitrogens is 1. The molecule has 3 aromatic carbocycles. The van der Waals surface area contributed by atoms with Crippen molar-refractivity contribution in [2.24, 2.45) is 0 Å². The molecule has 1 atom stereocenters. The molecule has 1 amide bonds. The van der Waals surface area contributed by atoms with E-state index in [-0.39, 0.29) is 16.5 Å². The molecule has 4 aromatic rings. The Morgan fingerprint density at radius 3 is 2.39 bits per heavy atom. The number of hydrogen-bond donors (Lipinski definition) is 1. The third kappa shape index (κ3) is 4.51. The molecule has 10 heteroatoms. The molecule has 1 unspecified atom stereocenters. The van der Waals surface area contributed by atoms with Crippen LogP contribution in [0.1, 0.15) is 34.5 Å². The van der Waals surface area contributed by atoms with Crippen LogP contribution in [0.15, 0.2) is 72.3 Å². The van der Waals surface area contributed by atoms with Crippen molar-refractivity contribution in [1.29, 1.82) is 0 Å². The Labute approximate surface area is 226 Å². The van der Waals surface area contributed by atoms with E-state index in [0.29, 0.717) is 39.6 Å². The molecular formula is C28H21ClN2O6S. The molecule has 192 valence electrons. The molecule has 1 saturated heterocycles. The molecule has 0 bridgehead atoms. The molecule has 1 N–H and O–H groups in total. The van der Waals surface area contributed by atoms with Crippen LogP contribution in [-0.4, -0.2) is 41.5 Å². The zero-order valence-electron chi connectivity index (χ0n) is 20.3. The monoisotopic (exact) mass is 548 g/mol. The summed E-state index contributed by atoms with van der Waals surface area (Å²) < 4.78 is 11.1. The number of carbonyl (C=O) groups is 3. The van der Waals surface area contributed by atoms with Crippen LogP contribution >= 0.6 is 22.9 Å². The molecule has 0 aliphatic carbocycles. The summed E-state index contributed by atoms with van der Waals surface area (Å²) in [7, 11) is 1.28. The molecule has 38 heavy (non-hydrogen) atoms. The summed E-state index contributed by atoms with van der Waals surface area (Å²) in [4.78, 5) is 44.7. The molecule has 0 spiro atoms. The number of nitrogens with zero attached hydrogens (tertiary/aromatic N) is 2. The first-order valence-electron chi connectivity index (χ1n) is 11.6. The summed E-state index contributed by atoms with van der Waals surface area (Å²) in [6, 6.07) is 17.0. The number of rotatable bonds is 6. The number of aliphatic hydroxyl groups is 1. The maximum Gasteiger partial charge on any atom is 0.337 e. The Balaban J connectivity index is 1.68. The second-order valence-electron chi connectivity index (χ2n) is 8.35. The molecule has 1 aromatic heterocycles. The average molecular weight is 549 g/mol. The van der Waals surface area contributed by atoms with Crippen molar-refractivity contribution in [2.75, 3.05) is 18.6 Å². The zero-order chi connectivity index (χ0) is 27.0. The van der Waals surface area contributed by atoms with E-state index in [0.717, 1.165) is 4.70 Å². The molecule has 8 nitrogen and oxygen atoms in total. The number of thiazole rings is 1. The largest absolute Gasteiger partial charge is 0.507 e. The number of ether oxygens (including phenoxy) is 2. The summed E-state index contributed by atoms with van der Waals surface area (Å²) in [6.07, 6.45) is 0. The van der Waals surface area contributed by atoms with Crippen LogP contribution in [-0.2, 0) is 14.3 Å². The molecule has 5 rings (SSSR count). The predicted molar refractivity (Wildman–Crippen MR) is 145 cm³/mol. The number of aliphatic hydroxyl groups excluding tert-OH is 1. The number of carbonyl (C=O) groups excluding carboxylic acids is 3. The number of ketones is 1. The number of halogens is 1. The Morgan fingerprint density at radius 1 is 1.05 bits per heavy atom. The minimum Gasteiger partial charge on any atom is -0.507 e. The number of hydrogen-bond acceptors (Lipinski definition) is 8. The molecule has 2 heterocycles. The zero-order valence-corrected chi connectivity index (χ0v) is 21.9. The van der Waals surface area contributed by atoms with Crippen LogP contribution in [0.4, 0.5) is 5.13 Å². The second kappa shape index (κ2) is 10.3. The lowest BCUT2D eigenvalue weighted by Crippen LogP contribution is -2.29. The topological polar surface area (TPSA) is 106 Å². The number of amides is 1. The van der Waals surface area contributed by atoms with Crippen LogP contribution in [0.5, 0.6) is 5.75 Å². The number of anilines is 1. The number of Topliss-reactive ketones (excluding diaryl/α,β-unsaturated/α-hetero) is 1. The van der Waals surface area contributed by atoms with E-state index < -0.39 is 23.7 Å². The summed E-state index contributed by atoms with van der Waals surface area (Å²) in [6.45, 7) is 2.38. The number of benzene rings is 3. The van der Waals surface area contributed by atoms with Crippen molar-refractivity contribution >= 4 is 61.7 Å². The first kappa shape index (κ1) is 25.4. The van der Waals surface area contributed by atoms with Gasteiger partial charge in [-0.1, -0.05) is 35.1 Å². The van der Waals surface area contributed by atoms with Gasteiger partial charge in [-0.25, -0.2) is 9.78 Å². The van der Waals surface area contributed by atoms with Gasteiger partial charge >= 0.3 is 11.9 Å². The maximum atomic E-state index is 13.4. The van der Waals surface area contributed by atoms with Gasteiger partial charge in [-0.2, -0.15) is 0 Å². The van der Waals surface area contributed by atoms with Crippen molar-refractivity contribution < 1.29 is 29.0 Å². The van der Waals surface area contributed by atoms with E-state index in [1.807, 2.05) is 13.0 Å². The lowest BCUT2D eigenvalue weighted by atomic mass is 9.95. The van der Waals surface area contributed by atoms with Crippen LogP contribution < -0.4 is 9.64 Å². The molecule has 0 radical (unpaired) electrons. The van der Waals surface area contributed by atoms with Crippen LogP contribution in [0, 0.1) is 0 Å². The normalized spacial score (nSPS) is 16.7. The fraction of sp³-hybridized carbons (Fsp3) is 0.143. The minimum absolute atomic E-state index is 0.0996. The van der Waals surface area contributed by atoms with E-state index >= 15 is 0 Å². The van der Waals surface area contributed by atoms with E-state index in [1.165, 1.54) is 35.5 Å². The van der Waals surface area contributed by atoms with Crippen LogP contribution in [0.25, 0.3) is 16.0 Å². The summed E-state index contributed by atoms with van der Waals surface area (Å²) in [5.41, 5.74) is 1.66. The molecule has 1 aliphatic heterocycles. The molecular weight excluding hydrogens is 528 g/mol. The number of fused-ring (bicyclic) bond motifs is 1. The third-order valence-electron chi connectivity index (χ3n) is 6.08. The van der Waals surface area contributed by atoms with Gasteiger partial charge in [0.15, 0.2) is 5.13 Å². The molecule has 0 saturated carbocycles. The highest BCUT2D eigenvalue weighted by Gasteiger charge is 2.48. The summed E-state index contributed by atoms with van der Waals surface area (Å²) in [5, 5.41) is 12.0. The van der Waals surface area contributed by atoms with Gasteiger partial charge in [0.25, 0.3) is 5.78 Å². The van der Waals surface area contributed by atoms with Crippen LogP contribution in [0.2, 0.25) is 5.02 Å². The Bertz CT molecular complexity index is 1590. The standard InChI is InChI=1S/C28H21ClN2O6S/c1-3-37-19-12-13-20-21(14-19)38-28(30-20)31-23(15-4-6-17(7-5-15)27(35)36-2)22(25(33)26(31)34)24(32)16-8-10-18(29)11-9-16/h4-14,23,32H,3H2,1-2H3/b24-22+. The lowest BCUT2D eigenvalue weighted by molar-refractivity contribution is -0.132. The quantitative estimate of drug-likeness (QED) is 0.141. The van der Waals surface area contributed by atoms with Gasteiger partial charge in [-0.3, -0.25) is 14.5 Å². The number of methoxy groups -OCH3 is 1. The number of esters is 1. The Kier molecular flexibility index (Phi) is 6.88. The molecule has 1 fully saturated rings. The van der Waals surface area contributed by atoms with Crippen molar-refractivity contribution in [3.8, 4) is 5.75 Å². The summed E-state index contributed by atoms with van der Waals surface area (Å²) >= 11 is 7.22. The van der Waals surface area contributed by atoms with E-state index in [4.69, 9.17) is 21.1 Å². The predicted octanol–water partition coefficient (Wildman–Crippen LogP) is 5.76. The SMILES string of the molecule is CCOc1ccc2nc(N3C(=O)C(=O)/C(=C(/O)c4ccc(Cl)cc4)C3c3ccc(C(=O)OC)cc3)sc2c1. The van der Waals surface area contributed by atoms with Crippen molar-refractivity contribution in [1.82, 2.24) is 4.98 Å². The van der Waals surface area contributed by atoms with Crippen molar-refractivity contribution in [2.45, 2.75) is 13.0 Å². The smallest absolute Gasteiger partial charge is 0.337 e. The first-order chi connectivity index (χ1) is 18.3. The summed E-state index contributed by atoms with van der Waals surface area (Å²) in [5.74, 6) is -1.89. The highest BCUT2D eigenvalue weighted by atomic mass is 35.5. The second-order valence-corrected chi connectivity index (χ2v) is 9.79. The Morgan fingerprint density at radius 2 is 1.74 bits per heavy atom. The first-order valence-corrected chi connectivity index (χ1v) is 12.8. The van der Waals surface area contributed by atoms with Gasteiger partial charge in [0.1, 0.15) is 11.5 Å². The van der Waals surface area contributed by atoms with Gasteiger partial charge in [-0.15, -0.1) is 0 Å². The van der Waals surface area contributed by atoms with Gasteiger partial charge < -0.3 is 14.6 Å². The maximum absolute atomic E-state index is 13.4. The highest BCUT2D eigenvalue weighted by molar-refractivity contribution is 7.22. The highest BCUT2D eigenvalue weighted by Crippen LogP contribution is 2.44. The van der Waals surface area contributed by atoms with Crippen molar-refractivity contribution in [3.63, 3.8) is 0 Å². The van der Waals surface area contributed by atoms with Gasteiger partial charge in [0.2, 0.25) is 0 Å². The fourth-order valence-corrected chi connectivity index (χ4v) is 5.43. The van der Waals surface area contributed by atoms with Gasteiger partial charge in [-0.05, 0) is 67.1 Å². The van der Waals surface area contributed by atoms with Crippen molar-refractivity contribution in [3.05, 3.63) is 94.0 Å². The average Bonchev–Trinajstić information content (AvgIpc) is 3.46. The van der Waals surface area contributed by atoms with E-state index in [9.17, 15) is 19.5 Å². The lowest BCUT2D eigenvalue weighted by Gasteiger charge is -2.23. The van der Waals surface area contributed by atoms with Gasteiger partial charge in [0, 0.05) is 10.6 Å².